The third-order valence-corrected chi connectivity index (χ3v) is 5.45. The zero-order valence-corrected chi connectivity index (χ0v) is 14.5. The summed E-state index contributed by atoms with van der Waals surface area (Å²) < 4.78 is 0. The van der Waals surface area contributed by atoms with Gasteiger partial charge >= 0.3 is 6.03 Å². The van der Waals surface area contributed by atoms with Gasteiger partial charge in [0, 0.05) is 26.2 Å². The van der Waals surface area contributed by atoms with Crippen LogP contribution in [0.3, 0.4) is 0 Å². The van der Waals surface area contributed by atoms with Gasteiger partial charge in [-0.2, -0.15) is 0 Å². The molecule has 4 atom stereocenters. The van der Waals surface area contributed by atoms with E-state index in [0.29, 0.717) is 6.54 Å². The molecule has 24 heavy (non-hydrogen) atoms. The summed E-state index contributed by atoms with van der Waals surface area (Å²) in [7, 11) is 0. The Bertz CT molecular complexity index is 524. The van der Waals surface area contributed by atoms with Crippen LogP contribution in [0.5, 0.6) is 0 Å². The number of rotatable bonds is 7. The highest BCUT2D eigenvalue weighted by Crippen LogP contribution is 2.52. The number of amides is 4. The van der Waals surface area contributed by atoms with E-state index < -0.39 is 0 Å². The van der Waals surface area contributed by atoms with Crippen LogP contribution >= 0.6 is 0 Å². The number of nitrogens with zero attached hydrogens (tertiary/aromatic N) is 2. The summed E-state index contributed by atoms with van der Waals surface area (Å²) in [6.45, 7) is 6.13. The second-order valence-electron chi connectivity index (χ2n) is 7.05. The number of imide groups is 1. The van der Waals surface area contributed by atoms with E-state index in [-0.39, 0.29) is 48.1 Å². The topological polar surface area (TPSA) is 69.7 Å². The van der Waals surface area contributed by atoms with Crippen molar-refractivity contribution in [3.05, 3.63) is 12.2 Å². The molecule has 1 aliphatic heterocycles. The summed E-state index contributed by atoms with van der Waals surface area (Å²) in [4.78, 5) is 40.4. The van der Waals surface area contributed by atoms with E-state index in [9.17, 15) is 14.4 Å². The zero-order valence-electron chi connectivity index (χ0n) is 14.5. The fourth-order valence-corrected chi connectivity index (χ4v) is 4.43. The third kappa shape index (κ3) is 2.82. The number of likely N-dealkylation sites (tertiary alicyclic amines) is 1. The minimum Gasteiger partial charge on any atom is -0.336 e. The highest BCUT2D eigenvalue weighted by atomic mass is 16.2. The lowest BCUT2D eigenvalue weighted by atomic mass is 9.85. The number of nitrogens with one attached hydrogen (secondary N) is 1. The lowest BCUT2D eigenvalue weighted by Gasteiger charge is -2.23. The lowest BCUT2D eigenvalue weighted by molar-refractivity contribution is -0.140. The van der Waals surface area contributed by atoms with Gasteiger partial charge in [-0.25, -0.2) is 4.79 Å². The number of carbonyl (C=O) groups excluding carboxylic acids is 3. The van der Waals surface area contributed by atoms with Crippen molar-refractivity contribution in [2.24, 2.45) is 23.7 Å². The average Bonchev–Trinajstić information content (AvgIpc) is 3.23. The summed E-state index contributed by atoms with van der Waals surface area (Å²) in [5.41, 5.74) is 0. The smallest absolute Gasteiger partial charge is 0.317 e. The molecule has 0 unspecified atom stereocenters. The van der Waals surface area contributed by atoms with Gasteiger partial charge in [0.1, 0.15) is 0 Å². The zero-order chi connectivity index (χ0) is 17.3. The summed E-state index contributed by atoms with van der Waals surface area (Å²) in [6, 6.07) is -0.111. The van der Waals surface area contributed by atoms with Crippen LogP contribution in [0.4, 0.5) is 4.79 Å². The highest BCUT2D eigenvalue weighted by molar-refractivity contribution is 6.06. The molecule has 1 saturated carbocycles. The Morgan fingerprint density at radius 3 is 2.17 bits per heavy atom. The van der Waals surface area contributed by atoms with Crippen molar-refractivity contribution in [3.8, 4) is 0 Å². The molecule has 132 valence electrons. The Balaban J connectivity index is 1.52. The average molecular weight is 333 g/mol. The lowest BCUT2D eigenvalue weighted by Crippen LogP contribution is -2.45. The maximum absolute atomic E-state index is 12.5. The molecule has 6 heteroatoms. The van der Waals surface area contributed by atoms with Crippen molar-refractivity contribution in [3.63, 3.8) is 0 Å². The minimum atomic E-state index is -0.153. The largest absolute Gasteiger partial charge is 0.336 e. The molecule has 2 bridgehead atoms. The normalized spacial score (nSPS) is 30.2. The molecule has 3 aliphatic rings. The first-order valence-electron chi connectivity index (χ1n) is 9.14. The third-order valence-electron chi connectivity index (χ3n) is 5.45. The summed E-state index contributed by atoms with van der Waals surface area (Å²) in [5.74, 6) is 0.0752. The predicted octanol–water partition coefficient (Wildman–Crippen LogP) is 1.63. The fourth-order valence-electron chi connectivity index (χ4n) is 4.43. The van der Waals surface area contributed by atoms with E-state index in [1.54, 1.807) is 4.90 Å². The number of allylic oxidation sites excluding steroid dienone is 2. The van der Waals surface area contributed by atoms with Gasteiger partial charge in [-0.15, -0.1) is 0 Å². The van der Waals surface area contributed by atoms with Crippen molar-refractivity contribution in [2.45, 2.75) is 33.1 Å². The van der Waals surface area contributed by atoms with Crippen LogP contribution in [0, 0.1) is 23.7 Å². The van der Waals surface area contributed by atoms with Crippen LogP contribution in [0.15, 0.2) is 12.2 Å². The molecule has 0 aromatic heterocycles. The number of fused-ring (bicyclic) bond motifs is 5. The number of hydrogen-bond donors (Lipinski definition) is 1. The summed E-state index contributed by atoms with van der Waals surface area (Å²) >= 11 is 0. The molecular weight excluding hydrogens is 306 g/mol. The Kier molecular flexibility index (Phi) is 4.92. The van der Waals surface area contributed by atoms with Crippen molar-refractivity contribution < 1.29 is 14.4 Å². The fraction of sp³-hybridized carbons (Fsp3) is 0.722. The molecule has 2 fully saturated rings. The SMILES string of the molecule is CCCN(CCC)C(=O)NCCN1C(=O)[C@H]2[C@H](C1=O)[C@H]1C=C[C@H]2C1. The number of urea groups is 1. The van der Waals surface area contributed by atoms with Crippen LogP contribution in [0.2, 0.25) is 0 Å². The molecule has 1 saturated heterocycles. The van der Waals surface area contributed by atoms with Gasteiger partial charge in [-0.1, -0.05) is 26.0 Å². The first-order chi connectivity index (χ1) is 11.6. The molecule has 0 spiro atoms. The predicted molar refractivity (Wildman–Crippen MR) is 90.0 cm³/mol. The van der Waals surface area contributed by atoms with Crippen molar-refractivity contribution in [1.82, 2.24) is 15.1 Å². The van der Waals surface area contributed by atoms with Crippen molar-refractivity contribution in [2.75, 3.05) is 26.2 Å². The monoisotopic (exact) mass is 333 g/mol. The summed E-state index contributed by atoms with van der Waals surface area (Å²) in [6.07, 6.45) is 6.96. The van der Waals surface area contributed by atoms with E-state index in [1.165, 1.54) is 4.90 Å². The Hall–Kier alpha value is -1.85. The van der Waals surface area contributed by atoms with Gasteiger partial charge < -0.3 is 10.2 Å². The number of hydrogen-bond acceptors (Lipinski definition) is 3. The first kappa shape index (κ1) is 17.0. The second kappa shape index (κ2) is 6.95. The summed E-state index contributed by atoms with van der Waals surface area (Å²) in [5, 5.41) is 2.85. The Morgan fingerprint density at radius 2 is 1.67 bits per heavy atom. The molecule has 1 heterocycles. The van der Waals surface area contributed by atoms with E-state index >= 15 is 0 Å². The van der Waals surface area contributed by atoms with Crippen LogP contribution in [0.1, 0.15) is 33.1 Å². The van der Waals surface area contributed by atoms with Crippen molar-refractivity contribution in [1.29, 1.82) is 0 Å². The van der Waals surface area contributed by atoms with Crippen LogP contribution in [0.25, 0.3) is 0 Å². The van der Waals surface area contributed by atoms with Gasteiger partial charge in [0.15, 0.2) is 0 Å². The molecular formula is C18H27N3O3. The van der Waals surface area contributed by atoms with Crippen LogP contribution in [-0.2, 0) is 9.59 Å². The quantitative estimate of drug-likeness (QED) is 0.569. The Labute approximate surface area is 143 Å². The van der Waals surface area contributed by atoms with E-state index in [0.717, 1.165) is 32.4 Å². The maximum Gasteiger partial charge on any atom is 0.317 e. The Morgan fingerprint density at radius 1 is 1.12 bits per heavy atom. The van der Waals surface area contributed by atoms with Crippen molar-refractivity contribution >= 4 is 17.8 Å². The standard InChI is InChI=1S/C18H27N3O3/c1-3-8-20(9-4-2)18(24)19-7-10-21-16(22)14-12-5-6-13(11-12)15(14)17(21)23/h5-6,12-15H,3-4,7-11H2,1-2H3,(H,19,24)/t12-,13-,14+,15+/m0/s1. The van der Waals surface area contributed by atoms with Crippen LogP contribution in [-0.4, -0.2) is 53.8 Å². The first-order valence-corrected chi connectivity index (χ1v) is 9.14. The van der Waals surface area contributed by atoms with Gasteiger partial charge in [0.25, 0.3) is 0 Å². The van der Waals surface area contributed by atoms with E-state index in [4.69, 9.17) is 0 Å². The van der Waals surface area contributed by atoms with Gasteiger partial charge in [-0.05, 0) is 31.1 Å². The molecule has 4 amide bonds. The molecule has 0 aromatic rings. The minimum absolute atomic E-state index is 0.0462. The van der Waals surface area contributed by atoms with E-state index in [2.05, 4.69) is 17.5 Å². The molecule has 0 aromatic carbocycles. The van der Waals surface area contributed by atoms with Gasteiger partial charge in [-0.3, -0.25) is 14.5 Å². The maximum atomic E-state index is 12.5. The molecule has 2 aliphatic carbocycles. The van der Waals surface area contributed by atoms with E-state index in [1.807, 2.05) is 13.8 Å². The number of carbonyl (C=O) groups is 3. The van der Waals surface area contributed by atoms with Crippen LogP contribution < -0.4 is 5.32 Å². The molecule has 1 N–H and O–H groups in total. The molecule has 6 nitrogen and oxygen atoms in total. The second-order valence-corrected chi connectivity index (χ2v) is 7.05. The molecule has 3 rings (SSSR count). The molecule has 0 radical (unpaired) electrons. The highest BCUT2D eigenvalue weighted by Gasteiger charge is 2.58. The van der Waals surface area contributed by atoms with Gasteiger partial charge in [0.05, 0.1) is 11.8 Å². The van der Waals surface area contributed by atoms with Gasteiger partial charge in [0.2, 0.25) is 11.8 Å².